The highest BCUT2D eigenvalue weighted by molar-refractivity contribution is 7.71. The Labute approximate surface area is 178 Å². The number of methoxy groups -OCH3 is 1. The van der Waals surface area contributed by atoms with Crippen molar-refractivity contribution in [3.63, 3.8) is 0 Å². The van der Waals surface area contributed by atoms with Crippen molar-refractivity contribution in [2.75, 3.05) is 38.2 Å². The van der Waals surface area contributed by atoms with Crippen molar-refractivity contribution < 1.29 is 9.13 Å². The average Bonchev–Trinajstić information content (AvgIpc) is 3.09. The summed E-state index contributed by atoms with van der Waals surface area (Å²) in [5.41, 5.74) is 1.81. The van der Waals surface area contributed by atoms with Gasteiger partial charge >= 0.3 is 0 Å². The molecule has 1 aliphatic rings. The number of anilines is 1. The van der Waals surface area contributed by atoms with Gasteiger partial charge in [0.25, 0.3) is 0 Å². The second-order valence-corrected chi connectivity index (χ2v) is 7.65. The Morgan fingerprint density at radius 2 is 1.86 bits per heavy atom. The number of halogens is 2. The Hall–Kier alpha value is -2.42. The first-order chi connectivity index (χ1) is 14.0. The Kier molecular flexibility index (Phi) is 5.84. The molecule has 0 aliphatic carbocycles. The smallest absolute Gasteiger partial charge is 0.217 e. The van der Waals surface area contributed by atoms with Gasteiger partial charge in [0.2, 0.25) is 4.77 Å². The molecule has 2 heterocycles. The van der Waals surface area contributed by atoms with Crippen LogP contribution >= 0.6 is 23.8 Å². The van der Waals surface area contributed by atoms with Crippen LogP contribution in [0.1, 0.15) is 0 Å². The maximum Gasteiger partial charge on any atom is 0.217 e. The number of benzene rings is 2. The minimum Gasteiger partial charge on any atom is -0.496 e. The van der Waals surface area contributed by atoms with Crippen molar-refractivity contribution in [1.82, 2.24) is 19.7 Å². The molecule has 3 aromatic rings. The van der Waals surface area contributed by atoms with Crippen molar-refractivity contribution in [2.45, 2.75) is 6.67 Å². The molecule has 1 aliphatic heterocycles. The van der Waals surface area contributed by atoms with Gasteiger partial charge in [0.05, 0.1) is 19.3 Å². The molecule has 0 atom stereocenters. The second kappa shape index (κ2) is 8.52. The number of aromatic nitrogens is 3. The Morgan fingerprint density at radius 1 is 1.14 bits per heavy atom. The fourth-order valence-electron chi connectivity index (χ4n) is 3.44. The summed E-state index contributed by atoms with van der Waals surface area (Å²) in [6, 6.07) is 12.0. The van der Waals surface area contributed by atoms with Gasteiger partial charge in [0.15, 0.2) is 5.82 Å². The lowest BCUT2D eigenvalue weighted by Gasteiger charge is -2.36. The summed E-state index contributed by atoms with van der Waals surface area (Å²) in [6.45, 7) is 4.08. The molecule has 0 amide bonds. The lowest BCUT2D eigenvalue weighted by atomic mass is 10.2. The summed E-state index contributed by atoms with van der Waals surface area (Å²) >= 11 is 11.6. The molecule has 1 fully saturated rings. The fourth-order valence-corrected chi connectivity index (χ4v) is 3.80. The molecule has 0 saturated carbocycles. The van der Waals surface area contributed by atoms with Crippen LogP contribution in [0.15, 0.2) is 42.5 Å². The molecule has 1 saturated heterocycles. The molecule has 0 radical (unpaired) electrons. The molecular weight excluding hydrogens is 413 g/mol. The van der Waals surface area contributed by atoms with E-state index in [1.54, 1.807) is 19.2 Å². The molecule has 0 spiro atoms. The first kappa shape index (κ1) is 19.9. The van der Waals surface area contributed by atoms with Crippen LogP contribution in [0.2, 0.25) is 5.02 Å². The number of rotatable bonds is 5. The van der Waals surface area contributed by atoms with Gasteiger partial charge < -0.3 is 9.64 Å². The number of H-pyrrole nitrogens is 1. The predicted octanol–water partition coefficient (Wildman–Crippen LogP) is 4.19. The van der Waals surface area contributed by atoms with Gasteiger partial charge in [0.1, 0.15) is 11.6 Å². The number of nitrogens with zero attached hydrogens (tertiary/aromatic N) is 4. The topological polar surface area (TPSA) is 49.3 Å². The highest BCUT2D eigenvalue weighted by atomic mass is 35.5. The monoisotopic (exact) mass is 433 g/mol. The Bertz CT molecular complexity index is 1040. The first-order valence-corrected chi connectivity index (χ1v) is 10.1. The van der Waals surface area contributed by atoms with Gasteiger partial charge in [-0.3, -0.25) is 10.00 Å². The lowest BCUT2D eigenvalue weighted by Crippen LogP contribution is -2.47. The molecule has 4 rings (SSSR count). The molecule has 1 N–H and O–H groups in total. The normalized spacial score (nSPS) is 14.9. The molecule has 0 unspecified atom stereocenters. The molecule has 2 aromatic carbocycles. The van der Waals surface area contributed by atoms with E-state index in [2.05, 4.69) is 19.9 Å². The number of ether oxygens (including phenoxy) is 1. The largest absolute Gasteiger partial charge is 0.496 e. The van der Waals surface area contributed by atoms with Gasteiger partial charge in [-0.1, -0.05) is 11.6 Å². The second-order valence-electron chi connectivity index (χ2n) is 6.85. The number of hydrogen-bond acceptors (Lipinski definition) is 5. The van der Waals surface area contributed by atoms with Gasteiger partial charge in [-0.15, -0.1) is 0 Å². The summed E-state index contributed by atoms with van der Waals surface area (Å²) in [7, 11) is 1.61. The van der Waals surface area contributed by atoms with Crippen LogP contribution in [0.3, 0.4) is 0 Å². The van der Waals surface area contributed by atoms with E-state index >= 15 is 0 Å². The van der Waals surface area contributed by atoms with E-state index in [1.807, 2.05) is 22.9 Å². The van der Waals surface area contributed by atoms with Crippen LogP contribution in [-0.4, -0.2) is 53.0 Å². The quantitative estimate of drug-likeness (QED) is 0.611. The van der Waals surface area contributed by atoms with Crippen LogP contribution in [0.5, 0.6) is 5.75 Å². The zero-order valence-electron chi connectivity index (χ0n) is 15.9. The first-order valence-electron chi connectivity index (χ1n) is 9.27. The highest BCUT2D eigenvalue weighted by Gasteiger charge is 2.19. The molecular formula is C20H21ClFN5OS. The van der Waals surface area contributed by atoms with Gasteiger partial charge in [-0.05, 0) is 54.7 Å². The third kappa shape index (κ3) is 4.44. The minimum absolute atomic E-state index is 0.215. The molecule has 29 heavy (non-hydrogen) atoms. The summed E-state index contributed by atoms with van der Waals surface area (Å²) < 4.78 is 20.9. The molecule has 152 valence electrons. The molecule has 1 aromatic heterocycles. The lowest BCUT2D eigenvalue weighted by molar-refractivity contribution is 0.194. The summed E-state index contributed by atoms with van der Waals surface area (Å²) in [6.07, 6.45) is 0. The van der Waals surface area contributed by atoms with E-state index in [9.17, 15) is 4.39 Å². The zero-order valence-corrected chi connectivity index (χ0v) is 17.5. The van der Waals surface area contributed by atoms with Crippen LogP contribution < -0.4 is 9.64 Å². The van der Waals surface area contributed by atoms with E-state index in [-0.39, 0.29) is 5.82 Å². The highest BCUT2D eigenvalue weighted by Crippen LogP contribution is 2.30. The number of piperazine rings is 1. The van der Waals surface area contributed by atoms with Gasteiger partial charge in [-0.2, -0.15) is 4.98 Å². The minimum atomic E-state index is -0.215. The van der Waals surface area contributed by atoms with Crippen molar-refractivity contribution >= 4 is 29.5 Å². The van der Waals surface area contributed by atoms with Gasteiger partial charge in [-0.25, -0.2) is 9.07 Å². The van der Waals surface area contributed by atoms with Crippen LogP contribution in [0.25, 0.3) is 11.4 Å². The predicted molar refractivity (Wildman–Crippen MR) is 115 cm³/mol. The average molecular weight is 434 g/mol. The maximum atomic E-state index is 13.1. The van der Waals surface area contributed by atoms with Crippen molar-refractivity contribution in [3.05, 3.63) is 58.1 Å². The van der Waals surface area contributed by atoms with E-state index in [0.717, 1.165) is 37.4 Å². The summed E-state index contributed by atoms with van der Waals surface area (Å²) in [4.78, 5) is 9.03. The molecule has 6 nitrogen and oxygen atoms in total. The maximum absolute atomic E-state index is 13.1. The molecule has 0 bridgehead atoms. The third-order valence-corrected chi connectivity index (χ3v) is 5.55. The summed E-state index contributed by atoms with van der Waals surface area (Å²) in [5, 5.41) is 3.87. The fraction of sp³-hybridized carbons (Fsp3) is 0.300. The van der Waals surface area contributed by atoms with E-state index < -0.39 is 0 Å². The Morgan fingerprint density at radius 3 is 2.55 bits per heavy atom. The van der Waals surface area contributed by atoms with E-state index in [1.165, 1.54) is 12.1 Å². The third-order valence-electron chi connectivity index (χ3n) is 5.00. The molecule has 9 heteroatoms. The van der Waals surface area contributed by atoms with Crippen LogP contribution in [-0.2, 0) is 6.67 Å². The SMILES string of the molecule is COc1ccc(Cl)cc1-c1nc(=S)n(CN2CCN(c3ccc(F)cc3)CC2)[nH]1. The number of hydrogen-bond donors (Lipinski definition) is 1. The van der Waals surface area contributed by atoms with Crippen molar-refractivity contribution in [1.29, 1.82) is 0 Å². The zero-order chi connectivity index (χ0) is 20.4. The van der Waals surface area contributed by atoms with E-state index in [4.69, 9.17) is 28.6 Å². The Balaban J connectivity index is 1.44. The van der Waals surface area contributed by atoms with Gasteiger partial charge in [0, 0.05) is 36.9 Å². The number of nitrogens with one attached hydrogen (secondary N) is 1. The van der Waals surface area contributed by atoms with Crippen LogP contribution in [0.4, 0.5) is 10.1 Å². The van der Waals surface area contributed by atoms with Crippen molar-refractivity contribution in [2.24, 2.45) is 0 Å². The van der Waals surface area contributed by atoms with Crippen LogP contribution in [0, 0.1) is 10.6 Å². The standard InChI is InChI=1S/C20H21ClFN5OS/c1-28-18-7-2-14(21)12-17(18)19-23-20(29)27(24-19)13-25-8-10-26(11-9-25)16-5-3-15(22)4-6-16/h2-7,12H,8-11,13H2,1H3,(H,23,24,29). The van der Waals surface area contributed by atoms with E-state index in [0.29, 0.717) is 28.0 Å². The van der Waals surface area contributed by atoms with Crippen molar-refractivity contribution in [3.8, 4) is 17.1 Å². The number of aromatic amines is 1. The summed E-state index contributed by atoms with van der Waals surface area (Å²) in [5.74, 6) is 1.09.